The van der Waals surface area contributed by atoms with Crippen molar-refractivity contribution < 1.29 is 4.39 Å². The molecule has 0 heterocycles. The first-order chi connectivity index (χ1) is 9.75. The van der Waals surface area contributed by atoms with Gasteiger partial charge in [-0.05, 0) is 45.1 Å². The van der Waals surface area contributed by atoms with Crippen LogP contribution in [-0.4, -0.2) is 0 Å². The lowest BCUT2D eigenvalue weighted by Gasteiger charge is -2.11. The normalized spacial score (nSPS) is 11.5. The maximum Gasteiger partial charge on any atom is 0.131 e. The molecule has 96 valence electrons. The van der Waals surface area contributed by atoms with Gasteiger partial charge in [-0.15, -0.1) is 0 Å². The molecule has 4 aromatic carbocycles. The SMILES string of the molecule is Fc1cccc2c3ccc(Cl)cc3c3ccccc3c12. The van der Waals surface area contributed by atoms with Gasteiger partial charge >= 0.3 is 0 Å². The lowest BCUT2D eigenvalue weighted by molar-refractivity contribution is 0.641. The first-order valence-electron chi connectivity index (χ1n) is 6.44. The highest BCUT2D eigenvalue weighted by Gasteiger charge is 2.11. The number of hydrogen-bond acceptors (Lipinski definition) is 0. The van der Waals surface area contributed by atoms with Crippen molar-refractivity contribution in [3.8, 4) is 0 Å². The summed E-state index contributed by atoms with van der Waals surface area (Å²) in [7, 11) is 0. The fourth-order valence-electron chi connectivity index (χ4n) is 2.93. The maximum atomic E-state index is 14.3. The van der Waals surface area contributed by atoms with Crippen LogP contribution in [0, 0.1) is 5.82 Å². The Morgan fingerprint density at radius 3 is 2.10 bits per heavy atom. The predicted octanol–water partition coefficient (Wildman–Crippen LogP) is 5.94. The van der Waals surface area contributed by atoms with Crippen LogP contribution >= 0.6 is 11.6 Å². The van der Waals surface area contributed by atoms with Gasteiger partial charge in [0.15, 0.2) is 0 Å². The molecular weight excluding hydrogens is 271 g/mol. The van der Waals surface area contributed by atoms with Crippen LogP contribution in [0.4, 0.5) is 4.39 Å². The Kier molecular flexibility index (Phi) is 2.45. The van der Waals surface area contributed by atoms with Crippen molar-refractivity contribution in [2.24, 2.45) is 0 Å². The van der Waals surface area contributed by atoms with Crippen LogP contribution in [0.3, 0.4) is 0 Å². The molecule has 0 aliphatic rings. The Bertz CT molecular complexity index is 932. The first kappa shape index (κ1) is 11.7. The topological polar surface area (TPSA) is 0 Å². The standard InChI is InChI=1S/C18H10ClF/c19-11-8-9-13-15-6-3-7-17(20)18(15)14-5-2-1-4-12(14)16(13)10-11/h1-10H. The van der Waals surface area contributed by atoms with Crippen LogP contribution in [0.25, 0.3) is 32.3 Å². The molecule has 0 aliphatic heterocycles. The zero-order chi connectivity index (χ0) is 13.7. The highest BCUT2D eigenvalue weighted by atomic mass is 35.5. The van der Waals surface area contributed by atoms with Crippen molar-refractivity contribution in [1.82, 2.24) is 0 Å². The Labute approximate surface area is 120 Å². The Hall–Kier alpha value is -2.12. The van der Waals surface area contributed by atoms with Gasteiger partial charge in [0.2, 0.25) is 0 Å². The number of fused-ring (bicyclic) bond motifs is 6. The zero-order valence-electron chi connectivity index (χ0n) is 10.5. The highest BCUT2D eigenvalue weighted by Crippen LogP contribution is 2.37. The summed E-state index contributed by atoms with van der Waals surface area (Å²) >= 11 is 6.13. The van der Waals surface area contributed by atoms with Crippen LogP contribution in [0.2, 0.25) is 5.02 Å². The summed E-state index contributed by atoms with van der Waals surface area (Å²) in [5.74, 6) is -0.185. The molecule has 0 saturated heterocycles. The average Bonchev–Trinajstić information content (AvgIpc) is 2.47. The molecule has 0 amide bonds. The first-order valence-corrected chi connectivity index (χ1v) is 6.82. The van der Waals surface area contributed by atoms with Gasteiger partial charge in [-0.2, -0.15) is 0 Å². The molecular formula is C18H10ClF. The van der Waals surface area contributed by atoms with Crippen molar-refractivity contribution in [3.05, 3.63) is 71.5 Å². The molecule has 0 aliphatic carbocycles. The molecule has 4 rings (SSSR count). The monoisotopic (exact) mass is 280 g/mol. The second-order valence-electron chi connectivity index (χ2n) is 4.90. The molecule has 0 nitrogen and oxygen atoms in total. The van der Waals surface area contributed by atoms with Gasteiger partial charge in [0.1, 0.15) is 5.82 Å². The Morgan fingerprint density at radius 1 is 0.650 bits per heavy atom. The second-order valence-corrected chi connectivity index (χ2v) is 5.33. The summed E-state index contributed by atoms with van der Waals surface area (Å²) in [4.78, 5) is 0. The van der Waals surface area contributed by atoms with Gasteiger partial charge in [0, 0.05) is 10.4 Å². The van der Waals surface area contributed by atoms with E-state index in [4.69, 9.17) is 11.6 Å². The van der Waals surface area contributed by atoms with E-state index in [0.29, 0.717) is 10.4 Å². The van der Waals surface area contributed by atoms with Crippen LogP contribution in [0.1, 0.15) is 0 Å². The van der Waals surface area contributed by atoms with Crippen LogP contribution < -0.4 is 0 Å². The summed E-state index contributed by atoms with van der Waals surface area (Å²) in [6, 6.07) is 18.9. The molecule has 0 N–H and O–H groups in total. The smallest absolute Gasteiger partial charge is 0.131 e. The maximum absolute atomic E-state index is 14.3. The molecule has 4 aromatic rings. The predicted molar refractivity (Wildman–Crippen MR) is 83.9 cm³/mol. The van der Waals surface area contributed by atoms with E-state index in [1.165, 1.54) is 6.07 Å². The van der Waals surface area contributed by atoms with E-state index in [-0.39, 0.29) is 5.82 Å². The second kappa shape index (κ2) is 4.19. The van der Waals surface area contributed by atoms with E-state index in [1.54, 1.807) is 6.07 Å². The van der Waals surface area contributed by atoms with Gasteiger partial charge in [0.05, 0.1) is 0 Å². The quantitative estimate of drug-likeness (QED) is 0.350. The van der Waals surface area contributed by atoms with E-state index in [2.05, 4.69) is 0 Å². The summed E-state index contributed by atoms with van der Waals surface area (Å²) in [5.41, 5.74) is 0. The third-order valence-corrected chi connectivity index (χ3v) is 4.01. The van der Waals surface area contributed by atoms with Crippen LogP contribution in [0.15, 0.2) is 60.7 Å². The number of rotatable bonds is 0. The lowest BCUT2D eigenvalue weighted by Crippen LogP contribution is -1.86. The summed E-state index contributed by atoms with van der Waals surface area (Å²) in [6.07, 6.45) is 0. The van der Waals surface area contributed by atoms with E-state index in [0.717, 1.165) is 26.9 Å². The molecule has 2 heteroatoms. The van der Waals surface area contributed by atoms with Gasteiger partial charge in [0.25, 0.3) is 0 Å². The van der Waals surface area contributed by atoms with E-state index >= 15 is 0 Å². The average molecular weight is 281 g/mol. The molecule has 0 radical (unpaired) electrons. The number of benzene rings is 4. The van der Waals surface area contributed by atoms with Crippen molar-refractivity contribution >= 4 is 43.9 Å². The van der Waals surface area contributed by atoms with Crippen molar-refractivity contribution in [2.45, 2.75) is 0 Å². The summed E-state index contributed by atoms with van der Waals surface area (Å²) in [5, 5.41) is 6.35. The fourth-order valence-corrected chi connectivity index (χ4v) is 3.10. The molecule has 0 saturated carbocycles. The Balaban J connectivity index is 2.44. The van der Waals surface area contributed by atoms with Gasteiger partial charge in [-0.1, -0.05) is 54.1 Å². The van der Waals surface area contributed by atoms with Gasteiger partial charge in [-0.25, -0.2) is 4.39 Å². The molecule has 0 bridgehead atoms. The molecule has 0 fully saturated rings. The van der Waals surface area contributed by atoms with Crippen molar-refractivity contribution in [2.75, 3.05) is 0 Å². The largest absolute Gasteiger partial charge is 0.206 e. The number of hydrogen-bond donors (Lipinski definition) is 0. The van der Waals surface area contributed by atoms with Crippen molar-refractivity contribution in [1.29, 1.82) is 0 Å². The minimum atomic E-state index is -0.185. The minimum absolute atomic E-state index is 0.185. The van der Waals surface area contributed by atoms with E-state index in [9.17, 15) is 4.39 Å². The van der Waals surface area contributed by atoms with E-state index < -0.39 is 0 Å². The Morgan fingerprint density at radius 2 is 1.30 bits per heavy atom. The van der Waals surface area contributed by atoms with Crippen LogP contribution in [-0.2, 0) is 0 Å². The zero-order valence-corrected chi connectivity index (χ0v) is 11.3. The third kappa shape index (κ3) is 1.53. The molecule has 0 spiro atoms. The van der Waals surface area contributed by atoms with Crippen LogP contribution in [0.5, 0.6) is 0 Å². The number of halogens is 2. The minimum Gasteiger partial charge on any atom is -0.206 e. The van der Waals surface area contributed by atoms with Crippen molar-refractivity contribution in [3.63, 3.8) is 0 Å². The van der Waals surface area contributed by atoms with E-state index in [1.807, 2.05) is 48.5 Å². The third-order valence-electron chi connectivity index (χ3n) is 3.77. The lowest BCUT2D eigenvalue weighted by atomic mass is 9.94. The molecule has 0 unspecified atom stereocenters. The summed E-state index contributed by atoms with van der Waals surface area (Å²) < 4.78 is 14.3. The van der Waals surface area contributed by atoms with Gasteiger partial charge < -0.3 is 0 Å². The molecule has 0 atom stereocenters. The fraction of sp³-hybridized carbons (Fsp3) is 0. The molecule has 20 heavy (non-hydrogen) atoms. The van der Waals surface area contributed by atoms with Gasteiger partial charge in [-0.3, -0.25) is 0 Å². The molecule has 0 aromatic heterocycles. The highest BCUT2D eigenvalue weighted by molar-refractivity contribution is 6.33. The summed E-state index contributed by atoms with van der Waals surface area (Å²) in [6.45, 7) is 0.